The molecule has 0 unspecified atom stereocenters. The van der Waals surface area contributed by atoms with Crippen LogP contribution in [0.1, 0.15) is 35.5 Å². The number of benzene rings is 2. The topological polar surface area (TPSA) is 92.6 Å². The largest absolute Gasteiger partial charge is 0.491 e. The summed E-state index contributed by atoms with van der Waals surface area (Å²) >= 11 is 0. The first-order valence-electron chi connectivity index (χ1n) is 9.98. The molecule has 0 aliphatic rings. The Hall–Kier alpha value is -3.95. The maximum atomic E-state index is 13.6. The van der Waals surface area contributed by atoms with E-state index in [1.807, 2.05) is 13.8 Å². The Bertz CT molecular complexity index is 1100. The molecule has 0 aliphatic heterocycles. The lowest BCUT2D eigenvalue weighted by atomic mass is 10.1. The molecule has 7 nitrogen and oxygen atoms in total. The summed E-state index contributed by atoms with van der Waals surface area (Å²) in [5.41, 5.74) is -0.909. The van der Waals surface area contributed by atoms with Crippen molar-refractivity contribution in [1.29, 1.82) is 0 Å². The van der Waals surface area contributed by atoms with Gasteiger partial charge in [0.1, 0.15) is 5.75 Å². The number of ether oxygens (including phenoxy) is 1. The molecule has 0 fully saturated rings. The fourth-order valence-corrected chi connectivity index (χ4v) is 2.87. The highest BCUT2D eigenvalue weighted by Gasteiger charge is 2.34. The van der Waals surface area contributed by atoms with E-state index in [1.165, 1.54) is 24.5 Å². The third kappa shape index (κ3) is 6.76. The molecule has 3 aromatic rings. The van der Waals surface area contributed by atoms with E-state index in [1.54, 1.807) is 24.3 Å². The van der Waals surface area contributed by atoms with Gasteiger partial charge in [0, 0.05) is 12.2 Å². The number of furan rings is 1. The van der Waals surface area contributed by atoms with Crippen LogP contribution in [0.15, 0.2) is 65.3 Å². The smallest absolute Gasteiger partial charge is 0.418 e. The normalized spacial score (nSPS) is 11.2. The Labute approximate surface area is 187 Å². The van der Waals surface area contributed by atoms with Crippen LogP contribution in [0.3, 0.4) is 0 Å². The van der Waals surface area contributed by atoms with Crippen molar-refractivity contribution >= 4 is 23.3 Å². The van der Waals surface area contributed by atoms with Crippen LogP contribution in [0.25, 0.3) is 0 Å². The first-order valence-corrected chi connectivity index (χ1v) is 9.98. The summed E-state index contributed by atoms with van der Waals surface area (Å²) in [5.74, 6) is -0.0717. The van der Waals surface area contributed by atoms with E-state index in [0.717, 1.165) is 17.7 Å². The van der Waals surface area contributed by atoms with E-state index >= 15 is 0 Å². The Morgan fingerprint density at radius 1 is 1.03 bits per heavy atom. The van der Waals surface area contributed by atoms with Crippen molar-refractivity contribution < 1.29 is 31.9 Å². The zero-order chi connectivity index (χ0) is 24.0. The van der Waals surface area contributed by atoms with Gasteiger partial charge in [-0.3, -0.25) is 4.79 Å². The SMILES string of the molecule is CC(C)Oc1ccc(CNC(=O)Nc2ccc(NC(=O)c3ccco3)cc2C(F)(F)F)cc1. The number of hydrogen-bond donors (Lipinski definition) is 3. The van der Waals surface area contributed by atoms with Gasteiger partial charge in [-0.15, -0.1) is 0 Å². The average molecular weight is 461 g/mol. The van der Waals surface area contributed by atoms with E-state index in [-0.39, 0.29) is 24.1 Å². The number of urea groups is 1. The second kappa shape index (κ2) is 10.1. The molecule has 0 bridgehead atoms. The first-order chi connectivity index (χ1) is 15.6. The molecule has 3 amide bonds. The van der Waals surface area contributed by atoms with Crippen molar-refractivity contribution in [3.05, 3.63) is 77.7 Å². The fourth-order valence-electron chi connectivity index (χ4n) is 2.87. The average Bonchev–Trinajstić information content (AvgIpc) is 3.28. The highest BCUT2D eigenvalue weighted by atomic mass is 19.4. The molecule has 0 saturated carbocycles. The van der Waals surface area contributed by atoms with Gasteiger partial charge in [-0.25, -0.2) is 4.79 Å². The predicted molar refractivity (Wildman–Crippen MR) is 116 cm³/mol. The molecular formula is C23H22F3N3O4. The Morgan fingerprint density at radius 2 is 1.76 bits per heavy atom. The van der Waals surface area contributed by atoms with Gasteiger partial charge >= 0.3 is 12.2 Å². The molecule has 0 radical (unpaired) electrons. The van der Waals surface area contributed by atoms with Crippen molar-refractivity contribution in [3.8, 4) is 5.75 Å². The lowest BCUT2D eigenvalue weighted by Crippen LogP contribution is -2.29. The molecule has 0 saturated heterocycles. The summed E-state index contributed by atoms with van der Waals surface area (Å²) in [5, 5.41) is 7.05. The monoisotopic (exact) mass is 461 g/mol. The van der Waals surface area contributed by atoms with E-state index < -0.39 is 29.4 Å². The highest BCUT2D eigenvalue weighted by Crippen LogP contribution is 2.36. The van der Waals surface area contributed by atoms with E-state index in [2.05, 4.69) is 16.0 Å². The lowest BCUT2D eigenvalue weighted by Gasteiger charge is -2.16. The summed E-state index contributed by atoms with van der Waals surface area (Å²) in [6.07, 6.45) is -3.47. The zero-order valence-electron chi connectivity index (χ0n) is 17.8. The summed E-state index contributed by atoms with van der Waals surface area (Å²) in [4.78, 5) is 24.2. The van der Waals surface area contributed by atoms with Crippen molar-refractivity contribution in [2.24, 2.45) is 0 Å². The third-order valence-corrected chi connectivity index (χ3v) is 4.32. The molecule has 0 spiro atoms. The van der Waals surface area contributed by atoms with Crippen LogP contribution in [0.2, 0.25) is 0 Å². The van der Waals surface area contributed by atoms with Crippen LogP contribution >= 0.6 is 0 Å². The zero-order valence-corrected chi connectivity index (χ0v) is 17.8. The fraction of sp³-hybridized carbons (Fsp3) is 0.217. The van der Waals surface area contributed by atoms with Crippen LogP contribution in [0.5, 0.6) is 5.75 Å². The number of hydrogen-bond acceptors (Lipinski definition) is 4. The van der Waals surface area contributed by atoms with Crippen LogP contribution in [0, 0.1) is 0 Å². The van der Waals surface area contributed by atoms with Crippen molar-refractivity contribution in [2.45, 2.75) is 32.7 Å². The quantitative estimate of drug-likeness (QED) is 0.423. The molecular weight excluding hydrogens is 439 g/mol. The molecule has 174 valence electrons. The molecule has 3 rings (SSSR count). The number of amides is 3. The van der Waals surface area contributed by atoms with Crippen molar-refractivity contribution in [1.82, 2.24) is 5.32 Å². The molecule has 0 atom stereocenters. The second-order valence-electron chi connectivity index (χ2n) is 7.31. The van der Waals surface area contributed by atoms with Gasteiger partial charge in [0.25, 0.3) is 5.91 Å². The number of rotatable bonds is 7. The molecule has 0 aliphatic carbocycles. The number of alkyl halides is 3. The lowest BCUT2D eigenvalue weighted by molar-refractivity contribution is -0.136. The van der Waals surface area contributed by atoms with Gasteiger partial charge in [-0.1, -0.05) is 12.1 Å². The van der Waals surface area contributed by atoms with Crippen LogP contribution in [0.4, 0.5) is 29.3 Å². The van der Waals surface area contributed by atoms with Gasteiger partial charge < -0.3 is 25.1 Å². The maximum absolute atomic E-state index is 13.6. The molecule has 10 heteroatoms. The number of carbonyl (C=O) groups is 2. The second-order valence-corrected chi connectivity index (χ2v) is 7.31. The van der Waals surface area contributed by atoms with Gasteiger partial charge in [0.2, 0.25) is 0 Å². The van der Waals surface area contributed by atoms with E-state index in [0.29, 0.717) is 5.75 Å². The Kier molecular flexibility index (Phi) is 7.27. The number of nitrogens with one attached hydrogen (secondary N) is 3. The van der Waals surface area contributed by atoms with Crippen LogP contribution in [-0.2, 0) is 12.7 Å². The standard InChI is InChI=1S/C23H22F3N3O4/c1-14(2)33-17-8-5-15(6-9-17)13-27-22(31)29-19-10-7-16(12-18(19)23(24,25)26)28-21(30)20-4-3-11-32-20/h3-12,14H,13H2,1-2H3,(H,28,30)(H2,27,29,31). The van der Waals surface area contributed by atoms with Crippen LogP contribution < -0.4 is 20.7 Å². The number of carbonyl (C=O) groups excluding carboxylic acids is 2. The van der Waals surface area contributed by atoms with Crippen molar-refractivity contribution in [2.75, 3.05) is 10.6 Å². The van der Waals surface area contributed by atoms with Crippen molar-refractivity contribution in [3.63, 3.8) is 0 Å². The van der Waals surface area contributed by atoms with Gasteiger partial charge in [-0.2, -0.15) is 13.2 Å². The number of anilines is 2. The van der Waals surface area contributed by atoms with Gasteiger partial charge in [0.15, 0.2) is 5.76 Å². The third-order valence-electron chi connectivity index (χ3n) is 4.32. The van der Waals surface area contributed by atoms with Gasteiger partial charge in [-0.05, 0) is 61.9 Å². The maximum Gasteiger partial charge on any atom is 0.418 e. The minimum absolute atomic E-state index is 0.0208. The molecule has 3 N–H and O–H groups in total. The molecule has 1 aromatic heterocycles. The highest BCUT2D eigenvalue weighted by molar-refractivity contribution is 6.02. The van der Waals surface area contributed by atoms with E-state index in [4.69, 9.17) is 9.15 Å². The Morgan fingerprint density at radius 3 is 2.36 bits per heavy atom. The predicted octanol–water partition coefficient (Wildman–Crippen LogP) is 5.66. The minimum atomic E-state index is -4.76. The first kappa shape index (κ1) is 23.7. The molecule has 2 aromatic carbocycles. The Balaban J connectivity index is 1.65. The summed E-state index contributed by atoms with van der Waals surface area (Å²) < 4.78 is 51.1. The minimum Gasteiger partial charge on any atom is -0.491 e. The summed E-state index contributed by atoms with van der Waals surface area (Å²) in [7, 11) is 0. The summed E-state index contributed by atoms with van der Waals surface area (Å²) in [6.45, 7) is 3.90. The number of halogens is 3. The summed E-state index contributed by atoms with van der Waals surface area (Å²) in [6, 6.07) is 12.1. The van der Waals surface area contributed by atoms with Crippen LogP contribution in [-0.4, -0.2) is 18.0 Å². The molecule has 1 heterocycles. The van der Waals surface area contributed by atoms with Gasteiger partial charge in [0.05, 0.1) is 23.6 Å². The van der Waals surface area contributed by atoms with E-state index in [9.17, 15) is 22.8 Å². The molecule has 33 heavy (non-hydrogen) atoms.